The molecule has 2 aliphatic carbocycles. The normalized spacial score (nSPS) is 29.8. The van der Waals surface area contributed by atoms with Crippen molar-refractivity contribution in [3.05, 3.63) is 0 Å². The van der Waals surface area contributed by atoms with E-state index in [0.29, 0.717) is 17.9 Å². The fraction of sp³-hybridized carbons (Fsp3) is 0.950. The van der Waals surface area contributed by atoms with E-state index in [1.807, 2.05) is 20.8 Å². The van der Waals surface area contributed by atoms with Gasteiger partial charge in [0.1, 0.15) is 5.60 Å². The molecule has 2 rings (SSSR count). The summed E-state index contributed by atoms with van der Waals surface area (Å²) in [5.41, 5.74) is 0.615. The third-order valence-corrected chi connectivity index (χ3v) is 5.08. The molecule has 25 heavy (non-hydrogen) atoms. The monoisotopic (exact) mass is 356 g/mol. The maximum Gasteiger partial charge on any atom is 0.293 e. The minimum Gasteiger partial charge on any atom is -0.462 e. The lowest BCUT2D eigenvalue weighted by atomic mass is 9.52. The van der Waals surface area contributed by atoms with Gasteiger partial charge in [-0.15, -0.1) is 0 Å². The lowest BCUT2D eigenvalue weighted by Crippen LogP contribution is -2.61. The van der Waals surface area contributed by atoms with Crippen LogP contribution in [0.1, 0.15) is 73.6 Å². The SMILES string of the molecule is CC(C)(C)OC=O.CNC1CC2(C1)CC(NC(CO)CC(C)(C)C)C2. The summed E-state index contributed by atoms with van der Waals surface area (Å²) in [7, 11) is 2.07. The Balaban J connectivity index is 0.000000381. The summed E-state index contributed by atoms with van der Waals surface area (Å²) in [6.07, 6.45) is 6.37. The maximum absolute atomic E-state index is 9.60. The van der Waals surface area contributed by atoms with Gasteiger partial charge in [0.25, 0.3) is 6.47 Å². The quantitative estimate of drug-likeness (QED) is 0.639. The molecule has 2 saturated carbocycles. The topological polar surface area (TPSA) is 70.6 Å². The fourth-order valence-electron chi connectivity index (χ4n) is 4.02. The summed E-state index contributed by atoms with van der Waals surface area (Å²) < 4.78 is 4.55. The number of hydrogen-bond acceptors (Lipinski definition) is 5. The third-order valence-electron chi connectivity index (χ3n) is 5.08. The van der Waals surface area contributed by atoms with Crippen molar-refractivity contribution in [2.24, 2.45) is 10.8 Å². The molecule has 148 valence electrons. The molecule has 0 aromatic rings. The van der Waals surface area contributed by atoms with Crippen LogP contribution in [-0.4, -0.2) is 49.0 Å². The van der Waals surface area contributed by atoms with Crippen LogP contribution in [0.3, 0.4) is 0 Å². The first kappa shape index (κ1) is 22.4. The van der Waals surface area contributed by atoms with Crippen LogP contribution in [0.15, 0.2) is 0 Å². The van der Waals surface area contributed by atoms with Gasteiger partial charge in [0.05, 0.1) is 6.61 Å². The third kappa shape index (κ3) is 8.06. The molecular formula is C20H40N2O3. The number of aliphatic hydroxyl groups excluding tert-OH is 1. The number of aliphatic hydroxyl groups is 1. The Bertz CT molecular complexity index is 398. The van der Waals surface area contributed by atoms with Crippen molar-refractivity contribution in [2.45, 2.75) is 97.4 Å². The summed E-state index contributed by atoms with van der Waals surface area (Å²) >= 11 is 0. The first-order valence-electron chi connectivity index (χ1n) is 9.58. The standard InChI is InChI=1S/C15H30N2O.C5H10O2/c1-14(2,3)5-13(10-18)17-12-8-15(9-12)6-11(7-15)16-4;1-5(2,3)7-4-6/h11-13,16-18H,5-10H2,1-4H3;4H,1-3H3. The minimum atomic E-state index is -0.318. The zero-order valence-corrected chi connectivity index (χ0v) is 17.3. The molecule has 0 amide bonds. The zero-order valence-electron chi connectivity index (χ0n) is 17.3. The molecule has 1 spiro atoms. The van der Waals surface area contributed by atoms with Crippen LogP contribution in [0.2, 0.25) is 0 Å². The number of nitrogens with one attached hydrogen (secondary N) is 2. The lowest BCUT2D eigenvalue weighted by Gasteiger charge is -2.58. The summed E-state index contributed by atoms with van der Waals surface area (Å²) in [5, 5.41) is 16.5. The lowest BCUT2D eigenvalue weighted by molar-refractivity contribution is -0.138. The first-order chi connectivity index (χ1) is 11.4. The van der Waals surface area contributed by atoms with Crippen molar-refractivity contribution in [1.29, 1.82) is 0 Å². The van der Waals surface area contributed by atoms with Crippen molar-refractivity contribution >= 4 is 6.47 Å². The number of carbonyl (C=O) groups excluding carboxylic acids is 1. The van der Waals surface area contributed by atoms with Gasteiger partial charge in [0.15, 0.2) is 0 Å². The number of carbonyl (C=O) groups is 1. The molecule has 5 nitrogen and oxygen atoms in total. The van der Waals surface area contributed by atoms with Crippen LogP contribution in [0.25, 0.3) is 0 Å². The molecule has 0 bridgehead atoms. The zero-order chi connectivity index (χ0) is 19.3. The largest absolute Gasteiger partial charge is 0.462 e. The summed E-state index contributed by atoms with van der Waals surface area (Å²) in [6, 6.07) is 1.67. The molecule has 0 heterocycles. The van der Waals surface area contributed by atoms with Crippen LogP contribution in [0.4, 0.5) is 0 Å². The Morgan fingerprint density at radius 2 is 1.64 bits per heavy atom. The van der Waals surface area contributed by atoms with Crippen LogP contribution in [-0.2, 0) is 9.53 Å². The van der Waals surface area contributed by atoms with E-state index in [9.17, 15) is 9.90 Å². The van der Waals surface area contributed by atoms with Crippen LogP contribution in [0.5, 0.6) is 0 Å². The molecule has 1 atom stereocenters. The van der Waals surface area contributed by atoms with Crippen molar-refractivity contribution in [2.75, 3.05) is 13.7 Å². The number of rotatable bonds is 6. The second-order valence-electron chi connectivity index (χ2n) is 10.1. The average molecular weight is 357 g/mol. The van der Waals surface area contributed by atoms with E-state index in [1.165, 1.54) is 25.7 Å². The van der Waals surface area contributed by atoms with E-state index in [-0.39, 0.29) is 23.7 Å². The fourth-order valence-corrected chi connectivity index (χ4v) is 4.02. The summed E-state index contributed by atoms with van der Waals surface area (Å²) in [4.78, 5) is 9.60. The second-order valence-corrected chi connectivity index (χ2v) is 10.1. The Hall–Kier alpha value is -0.650. The number of ether oxygens (including phenoxy) is 1. The van der Waals surface area contributed by atoms with Gasteiger partial charge in [0.2, 0.25) is 0 Å². The highest BCUT2D eigenvalue weighted by Crippen LogP contribution is 2.55. The van der Waals surface area contributed by atoms with Gasteiger partial charge >= 0.3 is 0 Å². The van der Waals surface area contributed by atoms with Crippen molar-refractivity contribution in [1.82, 2.24) is 10.6 Å². The highest BCUT2D eigenvalue weighted by atomic mass is 16.5. The molecule has 3 N–H and O–H groups in total. The summed E-state index contributed by atoms with van der Waals surface area (Å²) in [5.74, 6) is 0. The second kappa shape index (κ2) is 8.83. The van der Waals surface area contributed by atoms with Crippen molar-refractivity contribution in [3.8, 4) is 0 Å². The van der Waals surface area contributed by atoms with Gasteiger partial charge in [0, 0.05) is 18.1 Å². The highest BCUT2D eigenvalue weighted by molar-refractivity contribution is 5.37. The van der Waals surface area contributed by atoms with Gasteiger partial charge < -0.3 is 20.5 Å². The van der Waals surface area contributed by atoms with E-state index in [2.05, 4.69) is 43.2 Å². The summed E-state index contributed by atoms with van der Waals surface area (Å²) in [6.45, 7) is 12.9. The van der Waals surface area contributed by atoms with Gasteiger partial charge in [-0.1, -0.05) is 20.8 Å². The Morgan fingerprint density at radius 1 is 1.12 bits per heavy atom. The molecule has 0 aromatic heterocycles. The van der Waals surface area contributed by atoms with Gasteiger partial charge in [-0.3, -0.25) is 4.79 Å². The van der Waals surface area contributed by atoms with E-state index >= 15 is 0 Å². The smallest absolute Gasteiger partial charge is 0.293 e. The van der Waals surface area contributed by atoms with Gasteiger partial charge in [-0.05, 0) is 70.8 Å². The van der Waals surface area contributed by atoms with Gasteiger partial charge in [-0.2, -0.15) is 0 Å². The molecule has 0 aromatic carbocycles. The van der Waals surface area contributed by atoms with E-state index in [1.54, 1.807) is 0 Å². The first-order valence-corrected chi connectivity index (χ1v) is 9.58. The molecule has 0 saturated heterocycles. The van der Waals surface area contributed by atoms with Crippen LogP contribution >= 0.6 is 0 Å². The molecule has 1 unspecified atom stereocenters. The maximum atomic E-state index is 9.60. The van der Waals surface area contributed by atoms with Crippen molar-refractivity contribution < 1.29 is 14.6 Å². The van der Waals surface area contributed by atoms with Crippen molar-refractivity contribution in [3.63, 3.8) is 0 Å². The van der Waals surface area contributed by atoms with Gasteiger partial charge in [-0.25, -0.2) is 0 Å². The predicted octanol–water partition coefficient (Wildman–Crippen LogP) is 2.86. The molecule has 0 aliphatic heterocycles. The van der Waals surface area contributed by atoms with Crippen LogP contribution < -0.4 is 10.6 Å². The van der Waals surface area contributed by atoms with E-state index < -0.39 is 0 Å². The Kier molecular flexibility index (Phi) is 7.91. The average Bonchev–Trinajstić information content (AvgIpc) is 2.36. The Labute approximate surface area is 154 Å². The van der Waals surface area contributed by atoms with E-state index in [4.69, 9.17) is 0 Å². The molecule has 2 fully saturated rings. The number of hydrogen-bond donors (Lipinski definition) is 3. The molecule has 2 aliphatic rings. The molecular weight excluding hydrogens is 316 g/mol. The van der Waals surface area contributed by atoms with Crippen LogP contribution in [0, 0.1) is 10.8 Å². The van der Waals surface area contributed by atoms with E-state index in [0.717, 1.165) is 12.5 Å². The predicted molar refractivity (Wildman–Crippen MR) is 103 cm³/mol. The Morgan fingerprint density at radius 3 is 1.96 bits per heavy atom. The molecule has 5 heteroatoms. The minimum absolute atomic E-state index is 0.264. The highest BCUT2D eigenvalue weighted by Gasteiger charge is 2.52. The molecule has 0 radical (unpaired) electrons.